The molecule has 0 atom stereocenters. The van der Waals surface area contributed by atoms with Crippen LogP contribution in [0, 0.1) is 0 Å². The predicted octanol–water partition coefficient (Wildman–Crippen LogP) is 3.31. The molecule has 1 aromatic rings. The van der Waals surface area contributed by atoms with E-state index in [2.05, 4.69) is 15.1 Å². The van der Waals surface area contributed by atoms with Crippen LogP contribution in [0.4, 0.5) is 5.69 Å². The van der Waals surface area contributed by atoms with E-state index in [0.29, 0.717) is 0 Å². The van der Waals surface area contributed by atoms with E-state index in [-0.39, 0.29) is 0 Å². The summed E-state index contributed by atoms with van der Waals surface area (Å²) in [6.07, 6.45) is 5.74. The van der Waals surface area contributed by atoms with Crippen molar-refractivity contribution < 1.29 is 0 Å². The van der Waals surface area contributed by atoms with Crippen molar-refractivity contribution in [3.63, 3.8) is 0 Å². The average Bonchev–Trinajstić information content (AvgIpc) is 3.04. The molecule has 0 radical (unpaired) electrons. The Hall–Kier alpha value is -0.770. The van der Waals surface area contributed by atoms with Crippen LogP contribution in [0.3, 0.4) is 0 Å². The normalized spacial score (nSPS) is 21.8. The molecule has 21 heavy (non-hydrogen) atoms. The first-order valence-corrected chi connectivity index (χ1v) is 8.65. The van der Waals surface area contributed by atoms with E-state index in [1.807, 2.05) is 24.3 Å². The second-order valence-corrected chi connectivity index (χ2v) is 6.69. The van der Waals surface area contributed by atoms with Gasteiger partial charge in [0.25, 0.3) is 0 Å². The summed E-state index contributed by atoms with van der Waals surface area (Å²) in [6.45, 7) is 7.08. The van der Waals surface area contributed by atoms with Crippen molar-refractivity contribution in [2.75, 3.05) is 44.6 Å². The number of halogens is 1. The van der Waals surface area contributed by atoms with Gasteiger partial charge in [-0.25, -0.2) is 0 Å². The SMILES string of the molecule is Clc1ccc(NCCN2CCN(C3CCCC3)CC2)cc1. The van der Waals surface area contributed by atoms with Crippen LogP contribution in [0.25, 0.3) is 0 Å². The van der Waals surface area contributed by atoms with Crippen LogP contribution >= 0.6 is 11.6 Å². The summed E-state index contributed by atoms with van der Waals surface area (Å²) < 4.78 is 0. The van der Waals surface area contributed by atoms with Gasteiger partial charge in [-0.05, 0) is 37.1 Å². The summed E-state index contributed by atoms with van der Waals surface area (Å²) >= 11 is 5.89. The van der Waals surface area contributed by atoms with Crippen molar-refractivity contribution in [1.82, 2.24) is 9.80 Å². The zero-order valence-electron chi connectivity index (χ0n) is 12.7. The van der Waals surface area contributed by atoms with Gasteiger partial charge in [0.05, 0.1) is 0 Å². The highest BCUT2D eigenvalue weighted by molar-refractivity contribution is 6.30. The minimum absolute atomic E-state index is 0.795. The zero-order valence-corrected chi connectivity index (χ0v) is 13.5. The molecule has 1 aliphatic carbocycles. The van der Waals surface area contributed by atoms with Gasteiger partial charge in [0.1, 0.15) is 0 Å². The maximum absolute atomic E-state index is 5.89. The van der Waals surface area contributed by atoms with Gasteiger partial charge in [-0.1, -0.05) is 24.4 Å². The molecule has 1 saturated heterocycles. The van der Waals surface area contributed by atoms with Gasteiger partial charge in [-0.2, -0.15) is 0 Å². The Morgan fingerprint density at radius 3 is 2.33 bits per heavy atom. The standard InChI is InChI=1S/C17H26ClN3/c18-15-5-7-16(8-6-15)19-9-10-20-11-13-21(14-12-20)17-3-1-2-4-17/h5-8,17,19H,1-4,9-14H2. The molecule has 4 heteroatoms. The van der Waals surface area contributed by atoms with Crippen LogP contribution in [0.15, 0.2) is 24.3 Å². The largest absolute Gasteiger partial charge is 0.384 e. The van der Waals surface area contributed by atoms with E-state index >= 15 is 0 Å². The molecule has 1 heterocycles. The van der Waals surface area contributed by atoms with E-state index in [0.717, 1.165) is 29.8 Å². The molecule has 1 saturated carbocycles. The molecule has 2 fully saturated rings. The fourth-order valence-electron chi connectivity index (χ4n) is 3.55. The Balaban J connectivity index is 1.34. The second kappa shape index (κ2) is 7.48. The van der Waals surface area contributed by atoms with Crippen molar-refractivity contribution in [2.45, 2.75) is 31.7 Å². The maximum Gasteiger partial charge on any atom is 0.0407 e. The number of anilines is 1. The number of hydrogen-bond acceptors (Lipinski definition) is 3. The summed E-state index contributed by atoms with van der Waals surface area (Å²) in [5.74, 6) is 0. The van der Waals surface area contributed by atoms with Gasteiger partial charge in [-0.15, -0.1) is 0 Å². The molecular formula is C17H26ClN3. The van der Waals surface area contributed by atoms with Gasteiger partial charge < -0.3 is 5.32 Å². The van der Waals surface area contributed by atoms with Gasteiger partial charge in [0, 0.05) is 56.0 Å². The molecule has 0 aromatic heterocycles. The molecule has 1 aromatic carbocycles. The number of hydrogen-bond donors (Lipinski definition) is 1. The fraction of sp³-hybridized carbons (Fsp3) is 0.647. The topological polar surface area (TPSA) is 18.5 Å². The third-order valence-electron chi connectivity index (χ3n) is 4.85. The van der Waals surface area contributed by atoms with Gasteiger partial charge in [0.2, 0.25) is 0 Å². The summed E-state index contributed by atoms with van der Waals surface area (Å²) in [7, 11) is 0. The van der Waals surface area contributed by atoms with Crippen molar-refractivity contribution in [3.05, 3.63) is 29.3 Å². The number of rotatable bonds is 5. The van der Waals surface area contributed by atoms with Gasteiger partial charge >= 0.3 is 0 Å². The van der Waals surface area contributed by atoms with Crippen LogP contribution in [0.1, 0.15) is 25.7 Å². The first kappa shape index (κ1) is 15.1. The molecule has 1 N–H and O–H groups in total. The lowest BCUT2D eigenvalue weighted by molar-refractivity contribution is 0.100. The number of benzene rings is 1. The Bertz CT molecular complexity index is 420. The lowest BCUT2D eigenvalue weighted by Gasteiger charge is -2.38. The molecule has 3 nitrogen and oxygen atoms in total. The van der Waals surface area contributed by atoms with Crippen LogP contribution in [0.5, 0.6) is 0 Å². The maximum atomic E-state index is 5.89. The zero-order chi connectivity index (χ0) is 14.5. The van der Waals surface area contributed by atoms with E-state index in [9.17, 15) is 0 Å². The van der Waals surface area contributed by atoms with Gasteiger partial charge in [0.15, 0.2) is 0 Å². The molecule has 0 unspecified atom stereocenters. The number of nitrogens with one attached hydrogen (secondary N) is 1. The number of nitrogens with zero attached hydrogens (tertiary/aromatic N) is 2. The molecule has 116 valence electrons. The molecule has 1 aliphatic heterocycles. The smallest absolute Gasteiger partial charge is 0.0407 e. The van der Waals surface area contributed by atoms with Gasteiger partial charge in [-0.3, -0.25) is 9.80 Å². The van der Waals surface area contributed by atoms with Crippen LogP contribution in [-0.4, -0.2) is 55.1 Å². The summed E-state index contributed by atoms with van der Waals surface area (Å²) in [5, 5.41) is 4.27. The van der Waals surface area contributed by atoms with Crippen molar-refractivity contribution >= 4 is 17.3 Å². The fourth-order valence-corrected chi connectivity index (χ4v) is 3.67. The highest BCUT2D eigenvalue weighted by Gasteiger charge is 2.25. The Morgan fingerprint density at radius 1 is 1.00 bits per heavy atom. The molecule has 0 spiro atoms. The summed E-state index contributed by atoms with van der Waals surface area (Å²) in [5.41, 5.74) is 1.16. The molecular weight excluding hydrogens is 282 g/mol. The highest BCUT2D eigenvalue weighted by atomic mass is 35.5. The molecule has 2 aliphatic rings. The van der Waals surface area contributed by atoms with Crippen LogP contribution in [-0.2, 0) is 0 Å². The van der Waals surface area contributed by atoms with E-state index in [1.54, 1.807) is 0 Å². The van der Waals surface area contributed by atoms with E-state index < -0.39 is 0 Å². The van der Waals surface area contributed by atoms with Crippen LogP contribution < -0.4 is 5.32 Å². The Morgan fingerprint density at radius 2 is 1.67 bits per heavy atom. The van der Waals surface area contributed by atoms with E-state index in [1.165, 1.54) is 51.9 Å². The minimum atomic E-state index is 0.795. The molecule has 0 bridgehead atoms. The third kappa shape index (κ3) is 4.35. The van der Waals surface area contributed by atoms with Crippen LogP contribution in [0.2, 0.25) is 5.02 Å². The molecule has 3 rings (SSSR count). The van der Waals surface area contributed by atoms with Crippen molar-refractivity contribution in [2.24, 2.45) is 0 Å². The predicted molar refractivity (Wildman–Crippen MR) is 90.2 cm³/mol. The van der Waals surface area contributed by atoms with Crippen molar-refractivity contribution in [1.29, 1.82) is 0 Å². The monoisotopic (exact) mass is 307 g/mol. The number of piperazine rings is 1. The first-order valence-electron chi connectivity index (χ1n) is 8.27. The second-order valence-electron chi connectivity index (χ2n) is 6.25. The molecule has 0 amide bonds. The van der Waals surface area contributed by atoms with E-state index in [4.69, 9.17) is 11.6 Å². The summed E-state index contributed by atoms with van der Waals surface area (Å²) in [6, 6.07) is 8.84. The average molecular weight is 308 g/mol. The minimum Gasteiger partial charge on any atom is -0.384 e. The Kier molecular flexibility index (Phi) is 5.39. The Labute approximate surface area is 133 Å². The third-order valence-corrected chi connectivity index (χ3v) is 5.10. The lowest BCUT2D eigenvalue weighted by Crippen LogP contribution is -2.50. The first-order chi connectivity index (χ1) is 10.3. The lowest BCUT2D eigenvalue weighted by atomic mass is 10.2. The van der Waals surface area contributed by atoms with Crippen molar-refractivity contribution in [3.8, 4) is 0 Å². The highest BCUT2D eigenvalue weighted by Crippen LogP contribution is 2.24. The quantitative estimate of drug-likeness (QED) is 0.900. The summed E-state index contributed by atoms with van der Waals surface area (Å²) in [4.78, 5) is 5.30.